The first kappa shape index (κ1) is 31.5. The van der Waals surface area contributed by atoms with Crippen molar-refractivity contribution >= 4 is 56.3 Å². The minimum atomic E-state index is 0.773. The van der Waals surface area contributed by atoms with E-state index in [0.29, 0.717) is 0 Å². The molecule has 0 aliphatic heterocycles. The topological polar surface area (TPSA) is 23.6 Å². The van der Waals surface area contributed by atoms with Gasteiger partial charge in [-0.3, -0.25) is 4.79 Å². The van der Waals surface area contributed by atoms with Crippen LogP contribution in [0.25, 0.3) is 0 Å². The maximum Gasteiger partial charge on any atom is 0.150 e. The Morgan fingerprint density at radius 2 is 0.689 bits per heavy atom. The van der Waals surface area contributed by atoms with E-state index in [1.165, 1.54) is 21.3 Å². The van der Waals surface area contributed by atoms with Crippen LogP contribution in [-0.4, -0.2) is 6.29 Å². The molecule has 0 aromatic heterocycles. The highest BCUT2D eigenvalue weighted by Crippen LogP contribution is 2.38. The molecule has 0 amide bonds. The van der Waals surface area contributed by atoms with Crippen molar-refractivity contribution in [2.24, 2.45) is 0 Å². The average Bonchev–Trinajstić information content (AvgIpc) is 3.06. The first-order valence-electron chi connectivity index (χ1n) is 15.0. The number of hydrogen-bond acceptors (Lipinski definition) is 3. The number of carbonyl (C=O) groups is 1. The second-order valence-electron chi connectivity index (χ2n) is 11.0. The fourth-order valence-corrected chi connectivity index (χ4v) is 5.75. The smallest absolute Gasteiger partial charge is 0.150 e. The normalized spacial score (nSPS) is 10.4. The summed E-state index contributed by atoms with van der Waals surface area (Å²) < 4.78 is 1.18. The zero-order valence-corrected chi connectivity index (χ0v) is 27.7. The lowest BCUT2D eigenvalue weighted by Gasteiger charge is -2.26. The highest BCUT2D eigenvalue weighted by Gasteiger charge is 2.15. The van der Waals surface area contributed by atoms with Crippen molar-refractivity contribution in [3.8, 4) is 0 Å². The van der Waals surface area contributed by atoms with Crippen LogP contribution < -0.4 is 9.80 Å². The molecule has 0 atom stereocenters. The molecule has 0 radical (unpaired) electrons. The summed E-state index contributed by atoms with van der Waals surface area (Å²) in [6.07, 6.45) is 0.934. The van der Waals surface area contributed by atoms with Crippen molar-refractivity contribution in [1.82, 2.24) is 0 Å². The highest BCUT2D eigenvalue weighted by molar-refractivity contribution is 9.10. The molecule has 0 spiro atoms. The predicted octanol–water partition coefficient (Wildman–Crippen LogP) is 12.1. The number of benzene rings is 6. The zero-order chi connectivity index (χ0) is 31.8. The van der Waals surface area contributed by atoms with Crippen LogP contribution in [0.15, 0.2) is 150 Å². The number of hydrogen-bond donors (Lipinski definition) is 0. The van der Waals surface area contributed by atoms with E-state index in [1.807, 2.05) is 62.4 Å². The van der Waals surface area contributed by atoms with E-state index in [2.05, 4.69) is 137 Å². The Morgan fingerprint density at radius 3 is 0.956 bits per heavy atom. The fraction of sp³-hybridized carbons (Fsp3) is 0.0976. The highest BCUT2D eigenvalue weighted by atomic mass is 79.9. The second kappa shape index (κ2) is 14.7. The number of carbonyl (C=O) groups excluding carboxylic acids is 1. The molecule has 0 saturated carbocycles. The summed E-state index contributed by atoms with van der Waals surface area (Å²) in [4.78, 5) is 15.7. The molecule has 0 aliphatic carbocycles. The Balaban J connectivity index is 0.000000178. The van der Waals surface area contributed by atoms with Crippen molar-refractivity contribution in [1.29, 1.82) is 0 Å². The average molecular weight is 654 g/mol. The van der Waals surface area contributed by atoms with Gasteiger partial charge in [0.2, 0.25) is 0 Å². The molecule has 3 nitrogen and oxygen atoms in total. The third kappa shape index (κ3) is 7.42. The van der Waals surface area contributed by atoms with E-state index in [1.54, 1.807) is 0 Å². The lowest BCUT2D eigenvalue weighted by molar-refractivity contribution is 0.112. The molecule has 0 saturated heterocycles. The maximum absolute atomic E-state index is 11.3. The SMILES string of the molecule is Cc1cc(N(c2ccccc2)c2ccccc2)cc(C)c1Br.Cc1cc(N(c2ccccc2)c2ccccc2)cc(C)c1C=O. The fourth-order valence-electron chi connectivity index (χ4n) is 5.52. The number of halogens is 1. The molecule has 0 heterocycles. The van der Waals surface area contributed by atoms with Gasteiger partial charge in [0.15, 0.2) is 6.29 Å². The van der Waals surface area contributed by atoms with Crippen molar-refractivity contribution in [2.75, 3.05) is 9.80 Å². The third-order valence-electron chi connectivity index (χ3n) is 7.69. The molecule has 0 unspecified atom stereocenters. The molecule has 0 aliphatic rings. The Hall–Kier alpha value is -4.93. The second-order valence-corrected chi connectivity index (χ2v) is 11.8. The van der Waals surface area contributed by atoms with Crippen molar-refractivity contribution in [3.63, 3.8) is 0 Å². The summed E-state index contributed by atoms with van der Waals surface area (Å²) in [5.41, 5.74) is 12.0. The number of aryl methyl sites for hydroxylation is 4. The number of para-hydroxylation sites is 4. The molecule has 45 heavy (non-hydrogen) atoms. The lowest BCUT2D eigenvalue weighted by Crippen LogP contribution is -2.10. The van der Waals surface area contributed by atoms with E-state index in [4.69, 9.17) is 0 Å². The van der Waals surface area contributed by atoms with E-state index < -0.39 is 0 Å². The quantitative estimate of drug-likeness (QED) is 0.160. The minimum absolute atomic E-state index is 0.773. The summed E-state index contributed by atoms with van der Waals surface area (Å²) in [6, 6.07) is 50.0. The predicted molar refractivity (Wildman–Crippen MR) is 194 cm³/mol. The third-order valence-corrected chi connectivity index (χ3v) is 8.94. The van der Waals surface area contributed by atoms with Gasteiger partial charge in [-0.25, -0.2) is 0 Å². The van der Waals surface area contributed by atoms with E-state index in [0.717, 1.165) is 51.4 Å². The molecular weight excluding hydrogens is 616 g/mol. The monoisotopic (exact) mass is 652 g/mol. The van der Waals surface area contributed by atoms with Gasteiger partial charge in [0.1, 0.15) is 0 Å². The van der Waals surface area contributed by atoms with Gasteiger partial charge in [-0.05, 0) is 123 Å². The number of rotatable bonds is 7. The van der Waals surface area contributed by atoms with Gasteiger partial charge in [-0.2, -0.15) is 0 Å². The molecule has 6 rings (SSSR count). The maximum atomic E-state index is 11.3. The number of aldehydes is 1. The molecule has 224 valence electrons. The van der Waals surface area contributed by atoms with Gasteiger partial charge >= 0.3 is 0 Å². The standard InChI is InChI=1S/C21H19NO.C20H18BrN/c1-16-13-20(14-17(2)21(16)15-23)22(18-9-5-3-6-10-18)19-11-7-4-8-12-19;1-15-13-19(14-16(2)20(15)21)22(17-9-5-3-6-10-17)18-11-7-4-8-12-18/h3-15H,1-2H3;3-14H,1-2H3. The van der Waals surface area contributed by atoms with Crippen molar-refractivity contribution < 1.29 is 4.79 Å². The summed E-state index contributed by atoms with van der Waals surface area (Å²) in [5, 5.41) is 0. The Labute approximate surface area is 275 Å². The van der Waals surface area contributed by atoms with Gasteiger partial charge in [0.05, 0.1) is 0 Å². The summed E-state index contributed by atoms with van der Waals surface area (Å²) in [5.74, 6) is 0. The summed E-state index contributed by atoms with van der Waals surface area (Å²) >= 11 is 3.66. The van der Waals surface area contributed by atoms with Gasteiger partial charge in [-0.15, -0.1) is 0 Å². The Bertz CT molecular complexity index is 1730. The van der Waals surface area contributed by atoms with Crippen LogP contribution in [0.3, 0.4) is 0 Å². The van der Waals surface area contributed by atoms with Crippen LogP contribution in [0.4, 0.5) is 34.1 Å². The number of anilines is 6. The van der Waals surface area contributed by atoms with Gasteiger partial charge in [0.25, 0.3) is 0 Å². The van der Waals surface area contributed by atoms with Gasteiger partial charge in [0, 0.05) is 44.2 Å². The lowest BCUT2D eigenvalue weighted by atomic mass is 10.0. The Kier molecular flexibility index (Phi) is 10.3. The molecule has 0 bridgehead atoms. The zero-order valence-electron chi connectivity index (χ0n) is 26.1. The van der Waals surface area contributed by atoms with Gasteiger partial charge in [-0.1, -0.05) is 88.7 Å². The van der Waals surface area contributed by atoms with Crippen LogP contribution >= 0.6 is 15.9 Å². The first-order chi connectivity index (χ1) is 21.9. The van der Waals surface area contributed by atoms with Crippen LogP contribution in [0.2, 0.25) is 0 Å². The Morgan fingerprint density at radius 1 is 0.422 bits per heavy atom. The summed E-state index contributed by atoms with van der Waals surface area (Å²) in [6.45, 7) is 8.23. The van der Waals surface area contributed by atoms with E-state index in [-0.39, 0.29) is 0 Å². The first-order valence-corrected chi connectivity index (χ1v) is 15.8. The largest absolute Gasteiger partial charge is 0.310 e. The summed E-state index contributed by atoms with van der Waals surface area (Å²) in [7, 11) is 0. The van der Waals surface area contributed by atoms with Crippen LogP contribution in [0.5, 0.6) is 0 Å². The van der Waals surface area contributed by atoms with Crippen molar-refractivity contribution in [3.05, 3.63) is 178 Å². The number of nitrogens with zero attached hydrogens (tertiary/aromatic N) is 2. The molecule has 6 aromatic rings. The minimum Gasteiger partial charge on any atom is -0.310 e. The molecule has 6 aromatic carbocycles. The van der Waals surface area contributed by atoms with Crippen LogP contribution in [-0.2, 0) is 0 Å². The van der Waals surface area contributed by atoms with Crippen LogP contribution in [0, 0.1) is 27.7 Å². The molecular formula is C41H37BrN2O. The van der Waals surface area contributed by atoms with Crippen LogP contribution in [0.1, 0.15) is 32.6 Å². The molecule has 4 heteroatoms. The molecule has 0 N–H and O–H groups in total. The van der Waals surface area contributed by atoms with Gasteiger partial charge < -0.3 is 9.80 Å². The van der Waals surface area contributed by atoms with Crippen molar-refractivity contribution in [2.45, 2.75) is 27.7 Å². The van der Waals surface area contributed by atoms with E-state index >= 15 is 0 Å². The van der Waals surface area contributed by atoms with E-state index in [9.17, 15) is 4.79 Å². The molecule has 0 fully saturated rings.